The lowest BCUT2D eigenvalue weighted by molar-refractivity contribution is 0.246. The normalized spacial score (nSPS) is 15.3. The Morgan fingerprint density at radius 2 is 1.89 bits per heavy atom. The Morgan fingerprint density at radius 3 is 2.59 bits per heavy atom. The summed E-state index contributed by atoms with van der Waals surface area (Å²) >= 11 is 12.0. The summed E-state index contributed by atoms with van der Waals surface area (Å²) in [7, 11) is 0. The van der Waals surface area contributed by atoms with Crippen molar-refractivity contribution in [2.24, 2.45) is 0 Å². The number of hydrogen-bond donors (Lipinski definition) is 3. The third kappa shape index (κ3) is 5.67. The zero-order valence-corrected chi connectivity index (χ0v) is 16.3. The Labute approximate surface area is 168 Å². The largest absolute Gasteiger partial charge is 0.392 e. The Hall–Kier alpha value is -1.63. The standard InChI is InChI=1S/C20H22Cl2FN3O/c21-17-4-1-14(2-5-17)11-26-8-7-16(13-27)20(12-26)25-24-10-15-3-6-18(23)9-19(15)22/h1-6,9,24-25,27H,7-8,10-13H2. The number of rotatable bonds is 7. The molecule has 1 aliphatic heterocycles. The molecule has 0 fully saturated rings. The lowest BCUT2D eigenvalue weighted by Crippen LogP contribution is -2.41. The molecule has 7 heteroatoms. The lowest BCUT2D eigenvalue weighted by Gasteiger charge is -2.31. The number of benzene rings is 2. The van der Waals surface area contributed by atoms with Gasteiger partial charge in [-0.3, -0.25) is 4.90 Å². The molecule has 0 aromatic heterocycles. The van der Waals surface area contributed by atoms with E-state index in [0.717, 1.165) is 41.4 Å². The minimum absolute atomic E-state index is 0.0239. The SMILES string of the molecule is OCC1=C(NNCc2ccc(F)cc2Cl)CN(Cc2ccc(Cl)cc2)CC1. The first-order valence-electron chi connectivity index (χ1n) is 8.76. The maximum atomic E-state index is 13.1. The molecule has 0 radical (unpaired) electrons. The summed E-state index contributed by atoms with van der Waals surface area (Å²) in [5, 5.41) is 10.7. The number of halogens is 3. The second-order valence-corrected chi connectivity index (χ2v) is 7.39. The Balaban J connectivity index is 1.58. The molecule has 27 heavy (non-hydrogen) atoms. The van der Waals surface area contributed by atoms with Gasteiger partial charge in [0.1, 0.15) is 5.82 Å². The lowest BCUT2D eigenvalue weighted by atomic mass is 10.1. The summed E-state index contributed by atoms with van der Waals surface area (Å²) in [5.41, 5.74) is 10.2. The first-order chi connectivity index (χ1) is 13.0. The summed E-state index contributed by atoms with van der Waals surface area (Å²) in [4.78, 5) is 2.30. The zero-order chi connectivity index (χ0) is 19.2. The highest BCUT2D eigenvalue weighted by molar-refractivity contribution is 6.31. The first kappa shape index (κ1) is 20.1. The van der Waals surface area contributed by atoms with Gasteiger partial charge in [-0.1, -0.05) is 41.4 Å². The third-order valence-corrected chi connectivity index (χ3v) is 5.19. The van der Waals surface area contributed by atoms with Gasteiger partial charge in [0.2, 0.25) is 0 Å². The van der Waals surface area contributed by atoms with E-state index in [0.29, 0.717) is 18.1 Å². The Morgan fingerprint density at radius 1 is 1.11 bits per heavy atom. The second-order valence-electron chi connectivity index (χ2n) is 6.54. The predicted octanol–water partition coefficient (Wildman–Crippen LogP) is 3.88. The predicted molar refractivity (Wildman–Crippen MR) is 107 cm³/mol. The molecule has 0 bridgehead atoms. The summed E-state index contributed by atoms with van der Waals surface area (Å²) in [6.45, 7) is 2.86. The average Bonchev–Trinajstić information content (AvgIpc) is 2.66. The molecule has 144 valence electrons. The van der Waals surface area contributed by atoms with Gasteiger partial charge in [-0.25, -0.2) is 9.82 Å². The summed E-state index contributed by atoms with van der Waals surface area (Å²) in [6, 6.07) is 12.2. The van der Waals surface area contributed by atoms with Crippen molar-refractivity contribution in [3.8, 4) is 0 Å². The van der Waals surface area contributed by atoms with Crippen molar-refractivity contribution in [1.29, 1.82) is 0 Å². The van der Waals surface area contributed by atoms with E-state index in [-0.39, 0.29) is 12.4 Å². The van der Waals surface area contributed by atoms with Crippen molar-refractivity contribution in [2.45, 2.75) is 19.5 Å². The summed E-state index contributed by atoms with van der Waals surface area (Å²) in [6.07, 6.45) is 0.797. The van der Waals surface area contributed by atoms with Crippen molar-refractivity contribution in [2.75, 3.05) is 19.7 Å². The maximum absolute atomic E-state index is 13.1. The molecular weight excluding hydrogens is 388 g/mol. The van der Waals surface area contributed by atoms with Crippen LogP contribution in [-0.2, 0) is 13.1 Å². The molecule has 0 saturated carbocycles. The molecule has 0 amide bonds. The second kappa shape index (κ2) is 9.53. The van der Waals surface area contributed by atoms with Gasteiger partial charge in [0.05, 0.1) is 6.61 Å². The molecule has 1 aliphatic rings. The van der Waals surface area contributed by atoms with E-state index >= 15 is 0 Å². The first-order valence-corrected chi connectivity index (χ1v) is 9.52. The molecule has 0 atom stereocenters. The van der Waals surface area contributed by atoms with Crippen LogP contribution in [0.1, 0.15) is 17.5 Å². The van der Waals surface area contributed by atoms with Crippen LogP contribution in [0.15, 0.2) is 53.7 Å². The van der Waals surface area contributed by atoms with Crippen LogP contribution in [0.4, 0.5) is 4.39 Å². The van der Waals surface area contributed by atoms with Gasteiger partial charge in [0.15, 0.2) is 0 Å². The Kier molecular flexibility index (Phi) is 7.10. The fourth-order valence-corrected chi connectivity index (χ4v) is 3.41. The van der Waals surface area contributed by atoms with Crippen LogP contribution < -0.4 is 10.9 Å². The van der Waals surface area contributed by atoms with E-state index in [2.05, 4.69) is 15.8 Å². The van der Waals surface area contributed by atoms with E-state index in [9.17, 15) is 9.50 Å². The minimum Gasteiger partial charge on any atom is -0.392 e. The fourth-order valence-electron chi connectivity index (χ4n) is 3.05. The van der Waals surface area contributed by atoms with Crippen LogP contribution in [0.5, 0.6) is 0 Å². The number of nitrogens with one attached hydrogen (secondary N) is 2. The molecule has 3 N–H and O–H groups in total. The topological polar surface area (TPSA) is 47.5 Å². The highest BCUT2D eigenvalue weighted by atomic mass is 35.5. The molecule has 0 saturated heterocycles. The molecular formula is C20H22Cl2FN3O. The van der Waals surface area contributed by atoms with Gasteiger partial charge in [0.25, 0.3) is 0 Å². The van der Waals surface area contributed by atoms with Crippen LogP contribution in [-0.4, -0.2) is 29.7 Å². The smallest absolute Gasteiger partial charge is 0.124 e. The summed E-state index contributed by atoms with van der Waals surface area (Å²) < 4.78 is 13.1. The van der Waals surface area contributed by atoms with Crippen molar-refractivity contribution in [3.05, 3.63) is 80.7 Å². The Bertz CT molecular complexity index is 811. The van der Waals surface area contributed by atoms with Crippen LogP contribution >= 0.6 is 23.2 Å². The number of hydrogen-bond acceptors (Lipinski definition) is 4. The van der Waals surface area contributed by atoms with Gasteiger partial charge in [-0.15, -0.1) is 0 Å². The van der Waals surface area contributed by atoms with Crippen molar-refractivity contribution < 1.29 is 9.50 Å². The van der Waals surface area contributed by atoms with Crippen LogP contribution in [0.2, 0.25) is 10.0 Å². The quantitative estimate of drug-likeness (QED) is 0.607. The average molecular weight is 410 g/mol. The number of aliphatic hydroxyl groups is 1. The summed E-state index contributed by atoms with van der Waals surface area (Å²) in [5.74, 6) is -0.355. The van der Waals surface area contributed by atoms with Crippen LogP contribution in [0.3, 0.4) is 0 Å². The van der Waals surface area contributed by atoms with Gasteiger partial charge < -0.3 is 10.5 Å². The highest BCUT2D eigenvalue weighted by Crippen LogP contribution is 2.20. The van der Waals surface area contributed by atoms with Gasteiger partial charge in [-0.05, 0) is 47.4 Å². The molecule has 2 aromatic rings. The van der Waals surface area contributed by atoms with E-state index in [1.165, 1.54) is 17.7 Å². The number of nitrogens with zero attached hydrogens (tertiary/aromatic N) is 1. The third-order valence-electron chi connectivity index (χ3n) is 4.58. The molecule has 4 nitrogen and oxygen atoms in total. The van der Waals surface area contributed by atoms with E-state index in [1.807, 2.05) is 24.3 Å². The van der Waals surface area contributed by atoms with Crippen LogP contribution in [0.25, 0.3) is 0 Å². The molecule has 1 heterocycles. The highest BCUT2D eigenvalue weighted by Gasteiger charge is 2.18. The zero-order valence-electron chi connectivity index (χ0n) is 14.8. The monoisotopic (exact) mass is 409 g/mol. The number of aliphatic hydroxyl groups excluding tert-OH is 1. The van der Waals surface area contributed by atoms with Crippen molar-refractivity contribution >= 4 is 23.2 Å². The van der Waals surface area contributed by atoms with Crippen molar-refractivity contribution in [1.82, 2.24) is 15.8 Å². The molecule has 2 aromatic carbocycles. The number of hydrazine groups is 1. The maximum Gasteiger partial charge on any atom is 0.124 e. The van der Waals surface area contributed by atoms with Gasteiger partial charge in [-0.2, -0.15) is 0 Å². The van der Waals surface area contributed by atoms with Gasteiger partial charge in [0, 0.05) is 41.9 Å². The minimum atomic E-state index is -0.355. The van der Waals surface area contributed by atoms with Gasteiger partial charge >= 0.3 is 0 Å². The van der Waals surface area contributed by atoms with Crippen molar-refractivity contribution in [3.63, 3.8) is 0 Å². The molecule has 0 aliphatic carbocycles. The van der Waals surface area contributed by atoms with E-state index < -0.39 is 0 Å². The fraction of sp³-hybridized carbons (Fsp3) is 0.300. The molecule has 0 unspecified atom stereocenters. The molecule has 0 spiro atoms. The van der Waals surface area contributed by atoms with E-state index in [1.54, 1.807) is 6.07 Å². The van der Waals surface area contributed by atoms with Crippen LogP contribution in [0, 0.1) is 5.82 Å². The van der Waals surface area contributed by atoms with E-state index in [4.69, 9.17) is 23.2 Å². The molecule has 3 rings (SSSR count).